The van der Waals surface area contributed by atoms with Crippen LogP contribution in [0.15, 0.2) is 46.4 Å². The Bertz CT molecular complexity index is 2570. The molecule has 0 saturated carbocycles. The van der Waals surface area contributed by atoms with Gasteiger partial charge < -0.3 is 39.2 Å². The Hall–Kier alpha value is -5.61. The summed E-state index contributed by atoms with van der Waals surface area (Å²) in [6, 6.07) is 4.69. The van der Waals surface area contributed by atoms with Crippen LogP contribution in [-0.4, -0.2) is 137 Å². The molecule has 5 heterocycles. The highest BCUT2D eigenvalue weighted by atomic mass is 32.2. The van der Waals surface area contributed by atoms with Crippen molar-refractivity contribution >= 4 is 80.6 Å². The molecular formula is C42H51FN10O8S2. The number of hydrogen-bond donors (Lipinski definition) is 5. The smallest absolute Gasteiger partial charge is 0.335 e. The minimum atomic E-state index is -1.63. The zero-order valence-electron chi connectivity index (χ0n) is 35.6. The number of carboxylic acid groups (broad SMARTS) is 2. The number of halogens is 1. The number of imidazole rings is 2. The number of rotatable bonds is 19. The van der Waals surface area contributed by atoms with Gasteiger partial charge in [-0.05, 0) is 64.1 Å². The molecule has 5 aromatic rings. The van der Waals surface area contributed by atoms with Crippen LogP contribution in [-0.2, 0) is 29.0 Å². The predicted molar refractivity (Wildman–Crippen MR) is 239 cm³/mol. The van der Waals surface area contributed by atoms with Gasteiger partial charge in [0.25, 0.3) is 5.91 Å². The molecule has 5 N–H and O–H groups in total. The summed E-state index contributed by atoms with van der Waals surface area (Å²) in [5.41, 5.74) is 2.66. The second kappa shape index (κ2) is 19.8. The van der Waals surface area contributed by atoms with Gasteiger partial charge in [0.15, 0.2) is 18.4 Å². The molecule has 1 fully saturated rings. The molecule has 0 bridgehead atoms. The molecule has 3 unspecified atom stereocenters. The van der Waals surface area contributed by atoms with Crippen LogP contribution in [0.3, 0.4) is 0 Å². The summed E-state index contributed by atoms with van der Waals surface area (Å²) in [5.74, 6) is -2.31. The third-order valence-corrected chi connectivity index (χ3v) is 12.7. The number of aryl methyl sites for hydroxylation is 2. The maximum absolute atomic E-state index is 15.3. The molecule has 0 radical (unpaired) electrons. The highest BCUT2D eigenvalue weighted by Gasteiger charge is 2.40. The molecule has 2 aliphatic heterocycles. The number of carbonyl (C=O) groups excluding carboxylic acids is 1. The maximum Gasteiger partial charge on any atom is 0.335 e. The summed E-state index contributed by atoms with van der Waals surface area (Å²) >= 11 is 2.68. The van der Waals surface area contributed by atoms with E-state index in [4.69, 9.17) is 14.5 Å². The number of morpholine rings is 1. The van der Waals surface area contributed by atoms with Crippen molar-refractivity contribution in [1.82, 2.24) is 34.0 Å². The number of thiazole rings is 1. The number of allylic oxidation sites excluding steroid dienone is 2. The number of ether oxygens (including phenoxy) is 2. The highest BCUT2D eigenvalue weighted by Crippen LogP contribution is 2.35. The van der Waals surface area contributed by atoms with Gasteiger partial charge in [-0.1, -0.05) is 19.1 Å². The summed E-state index contributed by atoms with van der Waals surface area (Å²) < 4.78 is 30.6. The molecule has 7 rings (SSSR count). The summed E-state index contributed by atoms with van der Waals surface area (Å²) in [7, 11) is 0. The van der Waals surface area contributed by atoms with Crippen LogP contribution in [0, 0.1) is 6.92 Å². The van der Waals surface area contributed by atoms with E-state index in [1.54, 1.807) is 22.3 Å². The number of nitrogens with zero attached hydrogens (tertiary/aromatic N) is 8. The van der Waals surface area contributed by atoms with Crippen molar-refractivity contribution in [2.24, 2.45) is 5.10 Å². The molecule has 18 nitrogen and oxygen atoms in total. The number of fused-ring (bicyclic) bond motifs is 2. The van der Waals surface area contributed by atoms with E-state index in [2.05, 4.69) is 30.6 Å². The Labute approximate surface area is 370 Å². The first-order valence-electron chi connectivity index (χ1n) is 20.7. The molecule has 21 heteroatoms. The number of nitrogens with one attached hydrogen (secondary N) is 2. The standard InChI is InChI=1S/C42H51FN10O8S2/c1-6-27-36(63-24(4)44-27)38(55)48-42-45-28-19-25(39(56)57)21-30(61-16-10-11-50-14-17-60-18-15-50)33(28)51(42)12-8-9-13-52-34-29(20-26(40(58)59)22-31(34)62-5)46-41(52)47-37(54)35-32(43)23(3)49-53(35)7-2/h8-9,19-22,32,35,38,55H,6-7,10-18H2,1-5H3,(H,45,48)(H,56,57)(H,58,59)(H,46,47,54)/b9-8+. The van der Waals surface area contributed by atoms with Crippen molar-refractivity contribution in [1.29, 1.82) is 0 Å². The second-order valence-electron chi connectivity index (χ2n) is 15.0. The van der Waals surface area contributed by atoms with Gasteiger partial charge in [0.1, 0.15) is 11.3 Å². The van der Waals surface area contributed by atoms with Crippen LogP contribution in [0.2, 0.25) is 0 Å². The van der Waals surface area contributed by atoms with Crippen LogP contribution < -0.4 is 15.4 Å². The van der Waals surface area contributed by atoms with Gasteiger partial charge >= 0.3 is 11.9 Å². The van der Waals surface area contributed by atoms with Crippen molar-refractivity contribution in [2.45, 2.75) is 77.0 Å². The second-order valence-corrected chi connectivity index (χ2v) is 17.1. The van der Waals surface area contributed by atoms with Crippen LogP contribution in [0.5, 0.6) is 5.75 Å². The predicted octanol–water partition coefficient (Wildman–Crippen LogP) is 5.65. The number of alkyl halides is 1. The molecule has 336 valence electrons. The molecule has 3 aromatic heterocycles. The summed E-state index contributed by atoms with van der Waals surface area (Å²) in [6.45, 7) is 11.8. The number of thioether (sulfide) groups is 1. The number of amides is 1. The highest BCUT2D eigenvalue weighted by molar-refractivity contribution is 7.98. The van der Waals surface area contributed by atoms with Crippen LogP contribution in [0.1, 0.15) is 69.7 Å². The molecule has 3 atom stereocenters. The molecule has 1 saturated heterocycles. The van der Waals surface area contributed by atoms with E-state index in [-0.39, 0.29) is 41.8 Å². The number of carboxylic acids is 2. The van der Waals surface area contributed by atoms with Crippen molar-refractivity contribution < 1.29 is 43.6 Å². The number of aromatic carboxylic acids is 2. The summed E-state index contributed by atoms with van der Waals surface area (Å²) in [5, 5.41) is 43.8. The Morgan fingerprint density at radius 1 is 0.984 bits per heavy atom. The lowest BCUT2D eigenvalue weighted by Gasteiger charge is -2.26. The Morgan fingerprint density at radius 2 is 1.63 bits per heavy atom. The first-order valence-corrected chi connectivity index (χ1v) is 22.7. The van der Waals surface area contributed by atoms with E-state index in [0.29, 0.717) is 76.8 Å². The third kappa shape index (κ3) is 9.81. The van der Waals surface area contributed by atoms with E-state index < -0.39 is 36.3 Å². The number of aliphatic hydroxyl groups excluding tert-OH is 1. The lowest BCUT2D eigenvalue weighted by Crippen LogP contribution is -2.45. The van der Waals surface area contributed by atoms with Crippen LogP contribution in [0.25, 0.3) is 22.1 Å². The number of benzene rings is 2. The van der Waals surface area contributed by atoms with Gasteiger partial charge in [-0.25, -0.2) is 28.9 Å². The minimum Gasteiger partial charge on any atom is -0.491 e. The Balaban J connectivity index is 1.24. The van der Waals surface area contributed by atoms with Gasteiger partial charge in [-0.15, -0.1) is 23.1 Å². The quantitative estimate of drug-likeness (QED) is 0.0293. The van der Waals surface area contributed by atoms with Gasteiger partial charge in [-0.2, -0.15) is 5.10 Å². The SMILES string of the molecule is CCc1nc(C)sc1C(O)Nc1nc2cc(C(=O)O)cc(OCCCN3CCOCC3)c2n1C/C=C/Cn1c(NC(=O)C2C(F)C(C)=NN2CC)nc2cc(C(=O)O)cc(SC)c21. The van der Waals surface area contributed by atoms with E-state index >= 15 is 4.39 Å². The number of carbonyl (C=O) groups is 3. The number of hydrazone groups is 1. The molecule has 0 spiro atoms. The normalized spacial score (nSPS) is 17.5. The van der Waals surface area contributed by atoms with Crippen molar-refractivity contribution in [2.75, 3.05) is 62.9 Å². The number of aromatic nitrogens is 5. The van der Waals surface area contributed by atoms with E-state index in [1.165, 1.54) is 59.3 Å². The van der Waals surface area contributed by atoms with Gasteiger partial charge in [0, 0.05) is 44.2 Å². The average molecular weight is 907 g/mol. The average Bonchev–Trinajstić information content (AvgIpc) is 4.01. The fourth-order valence-electron chi connectivity index (χ4n) is 7.75. The topological polar surface area (TPSA) is 222 Å². The zero-order chi connectivity index (χ0) is 44.9. The fourth-order valence-corrected chi connectivity index (χ4v) is 9.35. The summed E-state index contributed by atoms with van der Waals surface area (Å²) in [4.78, 5) is 55.6. The number of likely N-dealkylation sites (N-methyl/N-ethyl adjacent to an activating group) is 1. The first-order chi connectivity index (χ1) is 30.3. The van der Waals surface area contributed by atoms with E-state index in [0.717, 1.165) is 30.3 Å². The third-order valence-electron chi connectivity index (χ3n) is 10.8. The van der Waals surface area contributed by atoms with Gasteiger partial charge in [0.2, 0.25) is 11.9 Å². The molecular weight excluding hydrogens is 856 g/mol. The van der Waals surface area contributed by atoms with Crippen LogP contribution in [0.4, 0.5) is 16.3 Å². The molecule has 2 aromatic carbocycles. The molecule has 0 aliphatic carbocycles. The maximum atomic E-state index is 15.3. The van der Waals surface area contributed by atoms with Gasteiger partial charge in [-0.3, -0.25) is 20.0 Å². The minimum absolute atomic E-state index is 0.0120. The zero-order valence-corrected chi connectivity index (χ0v) is 37.3. The lowest BCUT2D eigenvalue weighted by atomic mass is 10.1. The number of hydrogen-bond acceptors (Lipinski definition) is 15. The van der Waals surface area contributed by atoms with Gasteiger partial charge in [0.05, 0.1) is 68.8 Å². The monoisotopic (exact) mass is 906 g/mol. The molecule has 1 amide bonds. The van der Waals surface area contributed by atoms with E-state index in [1.807, 2.05) is 26.0 Å². The van der Waals surface area contributed by atoms with E-state index in [9.17, 15) is 29.7 Å². The lowest BCUT2D eigenvalue weighted by molar-refractivity contribution is -0.122. The van der Waals surface area contributed by atoms with Crippen molar-refractivity contribution in [3.8, 4) is 5.75 Å². The summed E-state index contributed by atoms with van der Waals surface area (Å²) in [6.07, 6.45) is 3.93. The number of anilines is 2. The number of aliphatic hydroxyl groups is 1. The van der Waals surface area contributed by atoms with Crippen molar-refractivity contribution in [3.05, 3.63) is 63.1 Å². The first kappa shape index (κ1) is 45.4. The van der Waals surface area contributed by atoms with Crippen molar-refractivity contribution in [3.63, 3.8) is 0 Å². The molecule has 63 heavy (non-hydrogen) atoms. The largest absolute Gasteiger partial charge is 0.491 e. The van der Waals surface area contributed by atoms with Crippen LogP contribution >= 0.6 is 23.1 Å². The Morgan fingerprint density at radius 3 is 2.29 bits per heavy atom. The Kier molecular flexibility index (Phi) is 14.3. The fraction of sp³-hybridized carbons (Fsp3) is 0.452. The molecule has 2 aliphatic rings.